The third kappa shape index (κ3) is 4.03. The Hall–Kier alpha value is -3.67. The van der Waals surface area contributed by atoms with Crippen LogP contribution in [0.5, 0.6) is 5.75 Å². The minimum absolute atomic E-state index is 0.116. The van der Waals surface area contributed by atoms with E-state index >= 15 is 0 Å². The van der Waals surface area contributed by atoms with E-state index in [9.17, 15) is 14.0 Å². The Morgan fingerprint density at radius 1 is 1.10 bits per heavy atom. The van der Waals surface area contributed by atoms with Crippen LogP contribution in [0.1, 0.15) is 22.7 Å². The first-order valence-electron chi connectivity index (χ1n) is 9.62. The molecule has 0 saturated heterocycles. The lowest BCUT2D eigenvalue weighted by Crippen LogP contribution is -2.39. The Morgan fingerprint density at radius 2 is 1.83 bits per heavy atom. The van der Waals surface area contributed by atoms with E-state index in [1.165, 1.54) is 23.1 Å². The number of amides is 2. The average molecular weight is 404 g/mol. The summed E-state index contributed by atoms with van der Waals surface area (Å²) in [6, 6.07) is 20.2. The summed E-state index contributed by atoms with van der Waals surface area (Å²) in [5.74, 6) is -0.258. The van der Waals surface area contributed by atoms with E-state index < -0.39 is 11.9 Å². The molecule has 0 aliphatic carbocycles. The molecule has 3 aromatic carbocycles. The third-order valence-electron chi connectivity index (χ3n) is 5.16. The number of fused-ring (bicyclic) bond motifs is 1. The van der Waals surface area contributed by atoms with E-state index in [0.717, 1.165) is 11.1 Å². The van der Waals surface area contributed by atoms with Crippen LogP contribution >= 0.6 is 0 Å². The van der Waals surface area contributed by atoms with E-state index in [2.05, 4.69) is 5.32 Å². The van der Waals surface area contributed by atoms with Crippen molar-refractivity contribution in [3.8, 4) is 5.75 Å². The summed E-state index contributed by atoms with van der Waals surface area (Å²) in [4.78, 5) is 27.4. The van der Waals surface area contributed by atoms with Crippen molar-refractivity contribution in [2.24, 2.45) is 0 Å². The molecule has 4 rings (SSSR count). The molecule has 0 bridgehead atoms. The Morgan fingerprint density at radius 3 is 2.53 bits per heavy atom. The summed E-state index contributed by atoms with van der Waals surface area (Å²) < 4.78 is 19.3. The van der Waals surface area contributed by atoms with Gasteiger partial charge < -0.3 is 15.0 Å². The first-order chi connectivity index (χ1) is 14.5. The van der Waals surface area contributed by atoms with Gasteiger partial charge in [0.2, 0.25) is 11.8 Å². The van der Waals surface area contributed by atoms with Gasteiger partial charge in [0.05, 0.1) is 19.6 Å². The zero-order chi connectivity index (χ0) is 21.1. The average Bonchev–Trinajstić information content (AvgIpc) is 2.90. The third-order valence-corrected chi connectivity index (χ3v) is 5.16. The van der Waals surface area contributed by atoms with Crippen LogP contribution in [0.4, 0.5) is 10.1 Å². The van der Waals surface area contributed by atoms with E-state index in [4.69, 9.17) is 4.74 Å². The summed E-state index contributed by atoms with van der Waals surface area (Å²) in [7, 11) is 1.58. The molecule has 0 aromatic heterocycles. The maximum Gasteiger partial charge on any atom is 0.244 e. The van der Waals surface area contributed by atoms with Crippen LogP contribution in [-0.2, 0) is 16.0 Å². The number of anilines is 1. The molecule has 0 fully saturated rings. The van der Waals surface area contributed by atoms with Crippen molar-refractivity contribution in [2.75, 3.05) is 19.0 Å². The second-order valence-corrected chi connectivity index (χ2v) is 7.14. The minimum Gasteiger partial charge on any atom is -0.497 e. The number of nitrogens with zero attached hydrogens (tertiary/aromatic N) is 1. The van der Waals surface area contributed by atoms with Crippen LogP contribution in [0, 0.1) is 5.82 Å². The van der Waals surface area contributed by atoms with Crippen molar-refractivity contribution < 1.29 is 18.7 Å². The lowest BCUT2D eigenvalue weighted by molar-refractivity contribution is -0.135. The maximum absolute atomic E-state index is 14.1. The van der Waals surface area contributed by atoms with Gasteiger partial charge in [0.25, 0.3) is 0 Å². The fourth-order valence-corrected chi connectivity index (χ4v) is 3.72. The number of nitrogens with one attached hydrogen (secondary N) is 1. The van der Waals surface area contributed by atoms with Gasteiger partial charge in [0, 0.05) is 11.3 Å². The fourth-order valence-electron chi connectivity index (χ4n) is 3.72. The number of methoxy groups -OCH3 is 1. The summed E-state index contributed by atoms with van der Waals surface area (Å²) in [5.41, 5.74) is 2.67. The van der Waals surface area contributed by atoms with Crippen LogP contribution in [0.25, 0.3) is 0 Å². The first-order valence-corrected chi connectivity index (χ1v) is 9.62. The topological polar surface area (TPSA) is 58.6 Å². The molecular formula is C24H21FN2O3. The number of hydrogen-bond acceptors (Lipinski definition) is 3. The van der Waals surface area contributed by atoms with Crippen LogP contribution in [0.2, 0.25) is 0 Å². The fraction of sp³-hybridized carbons (Fsp3) is 0.167. The number of carbonyl (C=O) groups is 2. The van der Waals surface area contributed by atoms with Crippen molar-refractivity contribution in [3.63, 3.8) is 0 Å². The molecule has 0 unspecified atom stereocenters. The van der Waals surface area contributed by atoms with E-state index in [-0.39, 0.29) is 24.8 Å². The van der Waals surface area contributed by atoms with Crippen LogP contribution < -0.4 is 10.1 Å². The van der Waals surface area contributed by atoms with Gasteiger partial charge in [-0.2, -0.15) is 0 Å². The lowest BCUT2D eigenvalue weighted by atomic mass is 9.95. The van der Waals surface area contributed by atoms with Gasteiger partial charge in [-0.05, 0) is 41.5 Å². The Labute approximate surface area is 174 Å². The van der Waals surface area contributed by atoms with E-state index in [1.807, 2.05) is 42.5 Å². The number of carbonyl (C=O) groups excluding carboxylic acids is 2. The highest BCUT2D eigenvalue weighted by atomic mass is 19.1. The lowest BCUT2D eigenvalue weighted by Gasteiger charge is -2.30. The SMILES string of the molecule is COc1ccc(CC(=O)N2CC(=O)Nc3ccc(F)cc3[C@H]2c2ccccc2)cc1. The Bertz CT molecular complexity index is 1070. The largest absolute Gasteiger partial charge is 0.497 e. The zero-order valence-electron chi connectivity index (χ0n) is 16.5. The highest BCUT2D eigenvalue weighted by molar-refractivity contribution is 5.97. The molecule has 1 heterocycles. The molecule has 1 aliphatic rings. The smallest absolute Gasteiger partial charge is 0.244 e. The molecule has 30 heavy (non-hydrogen) atoms. The second kappa shape index (κ2) is 8.37. The summed E-state index contributed by atoms with van der Waals surface area (Å²) >= 11 is 0. The number of halogens is 1. The van der Waals surface area contributed by atoms with Gasteiger partial charge in [-0.25, -0.2) is 4.39 Å². The molecule has 6 heteroatoms. The van der Waals surface area contributed by atoms with Crippen LogP contribution in [0.15, 0.2) is 72.8 Å². The molecule has 152 valence electrons. The van der Waals surface area contributed by atoms with Crippen molar-refractivity contribution in [1.82, 2.24) is 4.90 Å². The highest BCUT2D eigenvalue weighted by Gasteiger charge is 2.33. The monoisotopic (exact) mass is 404 g/mol. The normalized spacial score (nSPS) is 15.7. The maximum atomic E-state index is 14.1. The van der Waals surface area contributed by atoms with Gasteiger partial charge in [0.15, 0.2) is 0 Å². The number of ether oxygens (including phenoxy) is 1. The summed E-state index contributed by atoms with van der Waals surface area (Å²) in [6.45, 7) is -0.120. The van der Waals surface area contributed by atoms with Gasteiger partial charge >= 0.3 is 0 Å². The van der Waals surface area contributed by atoms with Gasteiger partial charge in [-0.3, -0.25) is 9.59 Å². The highest BCUT2D eigenvalue weighted by Crippen LogP contribution is 2.36. The summed E-state index contributed by atoms with van der Waals surface area (Å²) in [5, 5.41) is 2.80. The quantitative estimate of drug-likeness (QED) is 0.716. The Balaban J connectivity index is 1.75. The van der Waals surface area contributed by atoms with Crippen molar-refractivity contribution in [3.05, 3.63) is 95.3 Å². The molecule has 0 radical (unpaired) electrons. The molecular weight excluding hydrogens is 383 g/mol. The predicted molar refractivity (Wildman–Crippen MR) is 112 cm³/mol. The molecule has 0 saturated carbocycles. The van der Waals surface area contributed by atoms with E-state index in [1.54, 1.807) is 19.2 Å². The van der Waals surface area contributed by atoms with Crippen LogP contribution in [0.3, 0.4) is 0 Å². The number of rotatable bonds is 4. The Kier molecular flexibility index (Phi) is 5.48. The van der Waals surface area contributed by atoms with Gasteiger partial charge in [-0.1, -0.05) is 42.5 Å². The van der Waals surface area contributed by atoms with Gasteiger partial charge in [-0.15, -0.1) is 0 Å². The zero-order valence-corrected chi connectivity index (χ0v) is 16.5. The predicted octanol–water partition coefficient (Wildman–Crippen LogP) is 3.95. The summed E-state index contributed by atoms with van der Waals surface area (Å²) in [6.07, 6.45) is 0.116. The van der Waals surface area contributed by atoms with Crippen molar-refractivity contribution in [2.45, 2.75) is 12.5 Å². The van der Waals surface area contributed by atoms with E-state index in [0.29, 0.717) is 17.0 Å². The molecule has 1 atom stereocenters. The molecule has 0 spiro atoms. The number of benzene rings is 3. The standard InChI is InChI=1S/C24H21FN2O3/c1-30-19-10-7-16(8-11-19)13-23(29)27-15-22(28)26-21-12-9-18(25)14-20(21)24(27)17-5-3-2-4-6-17/h2-12,14,24H,13,15H2,1H3,(H,26,28)/t24-/m1/s1. The molecule has 1 aliphatic heterocycles. The molecule has 2 amide bonds. The van der Waals surface area contributed by atoms with Crippen LogP contribution in [-0.4, -0.2) is 30.4 Å². The minimum atomic E-state index is -0.582. The van der Waals surface area contributed by atoms with Crippen molar-refractivity contribution in [1.29, 1.82) is 0 Å². The molecule has 3 aromatic rings. The second-order valence-electron chi connectivity index (χ2n) is 7.14. The molecule has 5 nitrogen and oxygen atoms in total. The first kappa shape index (κ1) is 19.6. The number of hydrogen-bond donors (Lipinski definition) is 1. The van der Waals surface area contributed by atoms with Gasteiger partial charge in [0.1, 0.15) is 18.1 Å². The van der Waals surface area contributed by atoms with Crippen molar-refractivity contribution >= 4 is 17.5 Å². The molecule has 1 N–H and O–H groups in total.